The highest BCUT2D eigenvalue weighted by Crippen LogP contribution is 2.22. The van der Waals surface area contributed by atoms with Crippen molar-refractivity contribution in [2.24, 2.45) is 0 Å². The van der Waals surface area contributed by atoms with Crippen molar-refractivity contribution in [3.8, 4) is 5.75 Å². The quantitative estimate of drug-likeness (QED) is 0.778. The lowest BCUT2D eigenvalue weighted by atomic mass is 10.2. The van der Waals surface area contributed by atoms with Crippen molar-refractivity contribution in [3.63, 3.8) is 0 Å². The Hall–Kier alpha value is -1.85. The molecule has 5 heteroatoms. The molecule has 0 saturated carbocycles. The maximum Gasteiger partial charge on any atom is 0.279 e. The van der Waals surface area contributed by atoms with Gasteiger partial charge in [0.2, 0.25) is 0 Å². The molecule has 0 aliphatic rings. The third kappa shape index (κ3) is 5.37. The number of carbonyl (C=O) groups excluding carboxylic acids is 1. The van der Waals surface area contributed by atoms with Crippen LogP contribution in [0.15, 0.2) is 53.0 Å². The maximum atomic E-state index is 12.3. The predicted octanol–water partition coefficient (Wildman–Crippen LogP) is 2.50. The molecule has 2 N–H and O–H groups in total. The van der Waals surface area contributed by atoms with Crippen LogP contribution in [0.5, 0.6) is 5.75 Å². The van der Waals surface area contributed by atoms with E-state index in [0.717, 1.165) is 17.6 Å². The number of carbonyl (C=O) groups is 1. The second kappa shape index (κ2) is 8.70. The molecule has 1 amide bonds. The van der Waals surface area contributed by atoms with E-state index in [2.05, 4.69) is 40.3 Å². The molecule has 0 fully saturated rings. The molecule has 0 heterocycles. The lowest BCUT2D eigenvalue weighted by Gasteiger charge is -2.18. The zero-order valence-electron chi connectivity index (χ0n) is 13.4. The number of hydrogen-bond donors (Lipinski definition) is 2. The van der Waals surface area contributed by atoms with E-state index in [1.807, 2.05) is 36.4 Å². The van der Waals surface area contributed by atoms with Gasteiger partial charge in [-0.3, -0.25) is 4.79 Å². The summed E-state index contributed by atoms with van der Waals surface area (Å²) in [6.45, 7) is 4.22. The number of methoxy groups -OCH3 is 1. The minimum absolute atomic E-state index is 0.0107. The fourth-order valence-electron chi connectivity index (χ4n) is 2.37. The van der Waals surface area contributed by atoms with Crippen LogP contribution in [0.2, 0.25) is 0 Å². The van der Waals surface area contributed by atoms with Gasteiger partial charge in [-0.05, 0) is 31.2 Å². The van der Waals surface area contributed by atoms with Crippen LogP contribution in [0.25, 0.3) is 0 Å². The summed E-state index contributed by atoms with van der Waals surface area (Å²) in [5.74, 6) is 0.662. The summed E-state index contributed by atoms with van der Waals surface area (Å²) in [7, 11) is 1.60. The number of amides is 1. The van der Waals surface area contributed by atoms with Gasteiger partial charge in [0.25, 0.3) is 5.91 Å². The Morgan fingerprint density at radius 2 is 1.87 bits per heavy atom. The van der Waals surface area contributed by atoms with Crippen LogP contribution in [0, 0.1) is 0 Å². The summed E-state index contributed by atoms with van der Waals surface area (Å²) in [5, 5.41) is 2.93. The molecule has 1 atom stereocenters. The molecule has 2 aromatic rings. The van der Waals surface area contributed by atoms with Crippen LogP contribution in [0.4, 0.5) is 5.69 Å². The van der Waals surface area contributed by atoms with Gasteiger partial charge in [0.05, 0.1) is 19.3 Å². The van der Waals surface area contributed by atoms with Crippen molar-refractivity contribution >= 4 is 27.5 Å². The van der Waals surface area contributed by atoms with E-state index in [-0.39, 0.29) is 5.91 Å². The monoisotopic (exact) mass is 377 g/mol. The van der Waals surface area contributed by atoms with Gasteiger partial charge in [0.1, 0.15) is 12.3 Å². The van der Waals surface area contributed by atoms with E-state index >= 15 is 0 Å². The summed E-state index contributed by atoms with van der Waals surface area (Å²) < 4.78 is 6.32. The molecule has 122 valence electrons. The number of quaternary nitrogens is 1. The molecule has 0 bridgehead atoms. The van der Waals surface area contributed by atoms with Crippen LogP contribution in [0.1, 0.15) is 12.5 Å². The largest absolute Gasteiger partial charge is 0.495 e. The molecule has 1 unspecified atom stereocenters. The first kappa shape index (κ1) is 17.5. The average molecular weight is 378 g/mol. The average Bonchev–Trinajstić information content (AvgIpc) is 2.56. The Balaban J connectivity index is 1.95. The molecular weight excluding hydrogens is 356 g/mol. The van der Waals surface area contributed by atoms with Crippen LogP contribution in [0.3, 0.4) is 0 Å². The second-order valence-corrected chi connectivity index (χ2v) is 6.25. The predicted molar refractivity (Wildman–Crippen MR) is 95.8 cm³/mol. The molecule has 0 radical (unpaired) electrons. The highest BCUT2D eigenvalue weighted by molar-refractivity contribution is 9.10. The molecule has 2 aromatic carbocycles. The fourth-order valence-corrected chi connectivity index (χ4v) is 2.64. The van der Waals surface area contributed by atoms with E-state index in [1.165, 1.54) is 10.5 Å². The summed E-state index contributed by atoms with van der Waals surface area (Å²) >= 11 is 3.44. The summed E-state index contributed by atoms with van der Waals surface area (Å²) in [6, 6.07) is 15.7. The molecule has 2 rings (SSSR count). The van der Waals surface area contributed by atoms with Gasteiger partial charge in [-0.15, -0.1) is 0 Å². The van der Waals surface area contributed by atoms with E-state index < -0.39 is 0 Å². The van der Waals surface area contributed by atoms with E-state index in [4.69, 9.17) is 4.74 Å². The number of hydrogen-bond acceptors (Lipinski definition) is 2. The Bertz CT molecular complexity index is 644. The molecule has 23 heavy (non-hydrogen) atoms. The van der Waals surface area contributed by atoms with Gasteiger partial charge in [0.15, 0.2) is 6.54 Å². The van der Waals surface area contributed by atoms with Crippen molar-refractivity contribution in [2.45, 2.75) is 13.5 Å². The Kier molecular flexibility index (Phi) is 6.62. The van der Waals surface area contributed by atoms with Gasteiger partial charge in [-0.2, -0.15) is 0 Å². The third-order valence-electron chi connectivity index (χ3n) is 3.66. The number of para-hydroxylation sites is 2. The first-order valence-corrected chi connectivity index (χ1v) is 8.42. The number of benzene rings is 2. The number of halogens is 1. The zero-order chi connectivity index (χ0) is 16.7. The van der Waals surface area contributed by atoms with E-state index in [9.17, 15) is 4.79 Å². The summed E-state index contributed by atoms with van der Waals surface area (Å²) in [6.07, 6.45) is 0. The van der Waals surface area contributed by atoms with Gasteiger partial charge >= 0.3 is 0 Å². The third-order valence-corrected chi connectivity index (χ3v) is 4.19. The molecule has 0 saturated heterocycles. The molecule has 0 aliphatic carbocycles. The fraction of sp³-hybridized carbons (Fsp3) is 0.278. The van der Waals surface area contributed by atoms with Crippen molar-refractivity contribution in [3.05, 3.63) is 58.6 Å². The number of anilines is 1. The summed E-state index contributed by atoms with van der Waals surface area (Å²) in [5.41, 5.74) is 1.93. The van der Waals surface area contributed by atoms with Crippen molar-refractivity contribution in [1.82, 2.24) is 0 Å². The lowest BCUT2D eigenvalue weighted by Crippen LogP contribution is -3.11. The SMILES string of the molecule is CC[NH+](CC(=O)Nc1ccccc1OC)Cc1ccc(Br)cc1. The van der Waals surface area contributed by atoms with Crippen molar-refractivity contribution in [1.29, 1.82) is 0 Å². The molecule has 4 nitrogen and oxygen atoms in total. The second-order valence-electron chi connectivity index (χ2n) is 5.33. The molecule has 0 aliphatic heterocycles. The maximum absolute atomic E-state index is 12.3. The number of nitrogens with one attached hydrogen (secondary N) is 2. The first-order chi connectivity index (χ1) is 11.1. The molecule has 0 spiro atoms. The summed E-state index contributed by atoms with van der Waals surface area (Å²) in [4.78, 5) is 13.5. The Morgan fingerprint density at radius 1 is 1.17 bits per heavy atom. The Labute approximate surface area is 145 Å². The van der Waals surface area contributed by atoms with Gasteiger partial charge < -0.3 is 15.0 Å². The number of rotatable bonds is 7. The highest BCUT2D eigenvalue weighted by atomic mass is 79.9. The molecular formula is C18H22BrN2O2+. The Morgan fingerprint density at radius 3 is 2.52 bits per heavy atom. The topological polar surface area (TPSA) is 42.8 Å². The minimum Gasteiger partial charge on any atom is -0.495 e. The normalized spacial score (nSPS) is 11.8. The van der Waals surface area contributed by atoms with Crippen molar-refractivity contribution in [2.75, 3.05) is 25.5 Å². The highest BCUT2D eigenvalue weighted by Gasteiger charge is 2.14. The van der Waals surface area contributed by atoms with E-state index in [0.29, 0.717) is 18.0 Å². The minimum atomic E-state index is -0.0107. The van der Waals surface area contributed by atoms with E-state index in [1.54, 1.807) is 7.11 Å². The first-order valence-electron chi connectivity index (χ1n) is 7.63. The standard InChI is InChI=1S/C18H21BrN2O2/c1-3-21(12-14-8-10-15(19)11-9-14)13-18(22)20-16-6-4-5-7-17(16)23-2/h4-11H,3,12-13H2,1-2H3,(H,20,22)/p+1. The van der Waals surface area contributed by atoms with Gasteiger partial charge in [0, 0.05) is 10.0 Å². The van der Waals surface area contributed by atoms with Gasteiger partial charge in [-0.1, -0.05) is 40.2 Å². The van der Waals surface area contributed by atoms with Crippen LogP contribution >= 0.6 is 15.9 Å². The number of likely N-dealkylation sites (N-methyl/N-ethyl adjacent to an activating group) is 1. The smallest absolute Gasteiger partial charge is 0.279 e. The zero-order valence-corrected chi connectivity index (χ0v) is 15.0. The van der Waals surface area contributed by atoms with Crippen LogP contribution < -0.4 is 15.0 Å². The number of ether oxygens (including phenoxy) is 1. The van der Waals surface area contributed by atoms with Gasteiger partial charge in [-0.25, -0.2) is 0 Å². The van der Waals surface area contributed by atoms with Crippen LogP contribution in [-0.2, 0) is 11.3 Å². The lowest BCUT2D eigenvalue weighted by molar-refractivity contribution is -0.903. The van der Waals surface area contributed by atoms with Crippen molar-refractivity contribution < 1.29 is 14.4 Å². The molecule has 0 aromatic heterocycles. The van der Waals surface area contributed by atoms with Crippen LogP contribution in [-0.4, -0.2) is 26.1 Å².